The van der Waals surface area contributed by atoms with Crippen molar-refractivity contribution >= 4 is 17.7 Å². The number of ether oxygens (including phenoxy) is 1. The highest BCUT2D eigenvalue weighted by molar-refractivity contribution is 6.00. The highest BCUT2D eigenvalue weighted by Gasteiger charge is 2.76. The Kier molecular flexibility index (Phi) is 7.40. The van der Waals surface area contributed by atoms with E-state index >= 15 is 0 Å². The molecule has 4 rings (SSSR count). The average molecular weight is 516 g/mol. The van der Waals surface area contributed by atoms with Gasteiger partial charge in [-0.15, -0.1) is 0 Å². The first kappa shape index (κ1) is 27.8. The zero-order valence-electron chi connectivity index (χ0n) is 23.6. The highest BCUT2D eigenvalue weighted by Crippen LogP contribution is 2.59. The first-order valence-electron chi connectivity index (χ1n) is 14.0. The molecule has 1 unspecified atom stereocenters. The SMILES string of the molecule is CCCN1CC=C[C@]2(CC)O[C@]34C=CCN(C(C)(C)C)C(=O)C3N([C@@H](CO)CC(C)C)C(=O)[C@@H]4[C@@H]2C1=O. The van der Waals surface area contributed by atoms with E-state index in [4.69, 9.17) is 4.74 Å². The Balaban J connectivity index is 1.93. The Labute approximate surface area is 221 Å². The average Bonchev–Trinajstić information content (AvgIpc) is 3.12. The van der Waals surface area contributed by atoms with Crippen LogP contribution in [-0.2, 0) is 19.1 Å². The lowest BCUT2D eigenvalue weighted by Gasteiger charge is -2.43. The van der Waals surface area contributed by atoms with E-state index in [1.54, 1.807) is 9.80 Å². The number of carbonyl (C=O) groups excluding carboxylic acids is 3. The van der Waals surface area contributed by atoms with Crippen LogP contribution in [0.2, 0.25) is 0 Å². The molecule has 37 heavy (non-hydrogen) atoms. The number of likely N-dealkylation sites (tertiary alicyclic amines) is 1. The van der Waals surface area contributed by atoms with Crippen molar-refractivity contribution in [2.45, 2.75) is 96.6 Å². The van der Waals surface area contributed by atoms with Crippen LogP contribution in [0.4, 0.5) is 0 Å². The van der Waals surface area contributed by atoms with E-state index in [-0.39, 0.29) is 30.2 Å². The molecule has 2 fully saturated rings. The Morgan fingerprint density at radius 1 is 1.03 bits per heavy atom. The van der Waals surface area contributed by atoms with E-state index < -0.39 is 40.7 Å². The summed E-state index contributed by atoms with van der Waals surface area (Å²) in [4.78, 5) is 48.2. The fourth-order valence-electron chi connectivity index (χ4n) is 7.04. The number of amides is 3. The molecule has 0 radical (unpaired) electrons. The molecule has 0 aromatic carbocycles. The topological polar surface area (TPSA) is 90.4 Å². The standard InChI is InChI=1S/C29H45N3O5/c1-8-14-30-15-10-12-28(9-2)21(24(30)34)22-25(35)32(20(18-33)17-19(3)4)23-26(36)31(27(5,6)7)16-11-13-29(22,23)37-28/h10-13,19-23,33H,8-9,14-18H2,1-7H3/t20-,21-,22+,23?,28+,29+/m1/s1. The first-order chi connectivity index (χ1) is 17.4. The predicted molar refractivity (Wildman–Crippen MR) is 141 cm³/mol. The van der Waals surface area contributed by atoms with Gasteiger partial charge < -0.3 is 24.5 Å². The molecule has 0 bridgehead atoms. The van der Waals surface area contributed by atoms with Gasteiger partial charge in [0.1, 0.15) is 11.6 Å². The minimum atomic E-state index is -1.28. The van der Waals surface area contributed by atoms with E-state index in [1.807, 2.05) is 77.7 Å². The van der Waals surface area contributed by atoms with Crippen molar-refractivity contribution in [2.75, 3.05) is 26.2 Å². The number of nitrogens with zero attached hydrogens (tertiary/aromatic N) is 3. The lowest BCUT2D eigenvalue weighted by atomic mass is 9.73. The van der Waals surface area contributed by atoms with Gasteiger partial charge in [0.25, 0.3) is 0 Å². The Bertz CT molecular complexity index is 985. The van der Waals surface area contributed by atoms with Gasteiger partial charge in [-0.3, -0.25) is 14.4 Å². The van der Waals surface area contributed by atoms with E-state index in [2.05, 4.69) is 0 Å². The Hall–Kier alpha value is -2.19. The van der Waals surface area contributed by atoms with E-state index in [1.165, 1.54) is 0 Å². The third kappa shape index (κ3) is 4.24. The van der Waals surface area contributed by atoms with E-state index in [9.17, 15) is 19.5 Å². The number of aliphatic hydroxyl groups excluding tert-OH is 1. The normalized spacial score (nSPS) is 34.6. The number of rotatable bonds is 7. The Morgan fingerprint density at radius 2 is 1.70 bits per heavy atom. The maximum absolute atomic E-state index is 14.5. The quantitative estimate of drug-likeness (QED) is 0.527. The van der Waals surface area contributed by atoms with Gasteiger partial charge in [-0.2, -0.15) is 0 Å². The largest absolute Gasteiger partial charge is 0.394 e. The van der Waals surface area contributed by atoms with Crippen molar-refractivity contribution in [1.82, 2.24) is 14.7 Å². The van der Waals surface area contributed by atoms with Crippen molar-refractivity contribution in [3.63, 3.8) is 0 Å². The summed E-state index contributed by atoms with van der Waals surface area (Å²) in [5.41, 5.74) is -2.74. The summed E-state index contributed by atoms with van der Waals surface area (Å²) in [6.45, 7) is 15.2. The van der Waals surface area contributed by atoms with Crippen molar-refractivity contribution in [2.24, 2.45) is 17.8 Å². The molecule has 6 atom stereocenters. The molecule has 3 amide bonds. The fourth-order valence-corrected chi connectivity index (χ4v) is 7.04. The second kappa shape index (κ2) is 9.84. The minimum absolute atomic E-state index is 0.0910. The smallest absolute Gasteiger partial charge is 0.249 e. The maximum Gasteiger partial charge on any atom is 0.249 e. The number of hydrogen-bond acceptors (Lipinski definition) is 5. The monoisotopic (exact) mass is 515 g/mol. The van der Waals surface area contributed by atoms with Gasteiger partial charge in [-0.25, -0.2) is 0 Å². The highest BCUT2D eigenvalue weighted by atomic mass is 16.5. The van der Waals surface area contributed by atoms with Crippen LogP contribution in [0.5, 0.6) is 0 Å². The van der Waals surface area contributed by atoms with Crippen molar-refractivity contribution in [1.29, 1.82) is 0 Å². The number of hydrogen-bond donors (Lipinski definition) is 1. The molecule has 4 heterocycles. The summed E-state index contributed by atoms with van der Waals surface area (Å²) < 4.78 is 6.99. The van der Waals surface area contributed by atoms with E-state index in [0.29, 0.717) is 32.5 Å². The Morgan fingerprint density at radius 3 is 2.27 bits per heavy atom. The van der Waals surface area contributed by atoms with Crippen molar-refractivity contribution in [3.05, 3.63) is 24.3 Å². The molecule has 4 aliphatic rings. The van der Waals surface area contributed by atoms with Crippen LogP contribution in [0.1, 0.15) is 67.7 Å². The number of fused-ring (bicyclic) bond motifs is 2. The van der Waals surface area contributed by atoms with Crippen LogP contribution in [0.3, 0.4) is 0 Å². The van der Waals surface area contributed by atoms with Crippen LogP contribution >= 0.6 is 0 Å². The predicted octanol–water partition coefficient (Wildman–Crippen LogP) is 2.76. The molecular weight excluding hydrogens is 470 g/mol. The van der Waals surface area contributed by atoms with Crippen molar-refractivity contribution < 1.29 is 24.2 Å². The summed E-state index contributed by atoms with van der Waals surface area (Å²) in [6, 6.07) is -1.49. The molecular formula is C29H45N3O5. The van der Waals surface area contributed by atoms with Gasteiger partial charge in [0.05, 0.1) is 30.1 Å². The second-order valence-corrected chi connectivity index (χ2v) is 12.5. The van der Waals surface area contributed by atoms with Gasteiger partial charge in [0, 0.05) is 25.2 Å². The molecule has 2 saturated heterocycles. The summed E-state index contributed by atoms with van der Waals surface area (Å²) >= 11 is 0. The van der Waals surface area contributed by atoms with Crippen LogP contribution < -0.4 is 0 Å². The number of carbonyl (C=O) groups is 3. The molecule has 4 aliphatic heterocycles. The molecule has 206 valence electrons. The van der Waals surface area contributed by atoms with Crippen molar-refractivity contribution in [3.8, 4) is 0 Å². The van der Waals surface area contributed by atoms with Crippen LogP contribution in [0.25, 0.3) is 0 Å². The van der Waals surface area contributed by atoms with Gasteiger partial charge in [-0.05, 0) is 46.0 Å². The minimum Gasteiger partial charge on any atom is -0.394 e. The maximum atomic E-state index is 14.5. The van der Waals surface area contributed by atoms with E-state index in [0.717, 1.165) is 6.42 Å². The van der Waals surface area contributed by atoms with Gasteiger partial charge in [0.2, 0.25) is 17.7 Å². The van der Waals surface area contributed by atoms with Crippen LogP contribution in [-0.4, -0.2) is 92.6 Å². The number of aliphatic hydroxyl groups is 1. The molecule has 0 aliphatic carbocycles. The summed E-state index contributed by atoms with van der Waals surface area (Å²) in [6.07, 6.45) is 9.64. The summed E-state index contributed by atoms with van der Waals surface area (Å²) in [5, 5.41) is 10.5. The summed E-state index contributed by atoms with van der Waals surface area (Å²) in [7, 11) is 0. The second-order valence-electron chi connectivity index (χ2n) is 12.5. The van der Waals surface area contributed by atoms with Crippen LogP contribution in [0, 0.1) is 17.8 Å². The zero-order valence-corrected chi connectivity index (χ0v) is 23.6. The molecule has 8 heteroatoms. The summed E-state index contributed by atoms with van der Waals surface area (Å²) in [5.74, 6) is -1.92. The molecule has 0 saturated carbocycles. The molecule has 1 spiro atoms. The first-order valence-corrected chi connectivity index (χ1v) is 14.0. The third-order valence-electron chi connectivity index (χ3n) is 8.61. The molecule has 1 N–H and O–H groups in total. The third-order valence-corrected chi connectivity index (χ3v) is 8.61. The molecule has 8 nitrogen and oxygen atoms in total. The van der Waals surface area contributed by atoms with Gasteiger partial charge >= 0.3 is 0 Å². The lowest BCUT2D eigenvalue weighted by Crippen LogP contribution is -2.61. The lowest BCUT2D eigenvalue weighted by molar-refractivity contribution is -0.160. The van der Waals surface area contributed by atoms with Gasteiger partial charge in [0.15, 0.2) is 0 Å². The van der Waals surface area contributed by atoms with Gasteiger partial charge in [-0.1, -0.05) is 52.0 Å². The zero-order chi connectivity index (χ0) is 27.3. The fraction of sp³-hybridized carbons (Fsp3) is 0.759. The molecule has 0 aromatic rings. The molecule has 0 aromatic heterocycles. The van der Waals surface area contributed by atoms with Crippen LogP contribution in [0.15, 0.2) is 24.3 Å².